The van der Waals surface area contributed by atoms with E-state index < -0.39 is 0 Å². The number of ketones is 2. The van der Waals surface area contributed by atoms with Gasteiger partial charge in [-0.1, -0.05) is 30.3 Å². The fraction of sp³-hybridized carbons (Fsp3) is 0. The number of nitrogens with zero attached hydrogens (tertiary/aromatic N) is 3. The summed E-state index contributed by atoms with van der Waals surface area (Å²) >= 11 is 0. The molecule has 5 rings (SSSR count). The molecule has 7 nitrogen and oxygen atoms in total. The lowest BCUT2D eigenvalue weighted by atomic mass is 10.2. The molecule has 134 valence electrons. The largest absolute Gasteiger partial charge is 0.335 e. The Kier molecular flexibility index (Phi) is 3.58. The number of nitrogens with one attached hydrogen (secondary N) is 2. The van der Waals surface area contributed by atoms with Crippen molar-refractivity contribution in [2.45, 2.75) is 0 Å². The lowest BCUT2D eigenvalue weighted by Gasteiger charge is -2.01. The van der Waals surface area contributed by atoms with Crippen LogP contribution in [0.4, 0.5) is 0 Å². The second kappa shape index (κ2) is 6.24. The Morgan fingerprint density at radius 2 is 1.04 bits per heavy atom. The highest BCUT2D eigenvalue weighted by Crippen LogP contribution is 2.15. The number of imidazole rings is 2. The third-order valence-corrected chi connectivity index (χ3v) is 4.42. The topological polar surface area (TPSA) is 104 Å². The van der Waals surface area contributed by atoms with Crippen LogP contribution < -0.4 is 0 Å². The quantitative estimate of drug-likeness (QED) is 0.474. The zero-order valence-corrected chi connectivity index (χ0v) is 14.5. The normalized spacial score (nSPS) is 11.1. The van der Waals surface area contributed by atoms with Gasteiger partial charge in [0.15, 0.2) is 11.6 Å². The Balaban J connectivity index is 1.50. The third-order valence-electron chi connectivity index (χ3n) is 4.42. The van der Waals surface area contributed by atoms with Crippen LogP contribution >= 0.6 is 0 Å². The van der Waals surface area contributed by atoms with Crippen LogP contribution in [-0.2, 0) is 0 Å². The second-order valence-electron chi connectivity index (χ2n) is 6.27. The Hall–Kier alpha value is -4.13. The average Bonchev–Trinajstić information content (AvgIpc) is 3.36. The van der Waals surface area contributed by atoms with Crippen molar-refractivity contribution in [3.05, 3.63) is 89.8 Å². The number of benzene rings is 2. The zero-order valence-electron chi connectivity index (χ0n) is 14.5. The first kappa shape index (κ1) is 16.1. The fourth-order valence-corrected chi connectivity index (χ4v) is 3.05. The SMILES string of the molecule is O=C(c1cccc(C(=O)c2nc3ccccc3[nH]2)n1)c1nc2ccccc2[nH]1. The third kappa shape index (κ3) is 2.66. The molecule has 2 aromatic carbocycles. The molecule has 0 spiro atoms. The number of aromatic amines is 2. The Morgan fingerprint density at radius 3 is 1.50 bits per heavy atom. The highest BCUT2D eigenvalue weighted by atomic mass is 16.1. The maximum Gasteiger partial charge on any atom is 0.246 e. The number of hydrogen-bond acceptors (Lipinski definition) is 5. The minimum absolute atomic E-state index is 0.140. The van der Waals surface area contributed by atoms with E-state index >= 15 is 0 Å². The summed E-state index contributed by atoms with van der Waals surface area (Å²) in [6.45, 7) is 0. The van der Waals surface area contributed by atoms with Gasteiger partial charge in [-0.15, -0.1) is 0 Å². The van der Waals surface area contributed by atoms with Crippen LogP contribution in [0.25, 0.3) is 22.1 Å². The molecule has 0 aliphatic carbocycles. The zero-order chi connectivity index (χ0) is 19.1. The van der Waals surface area contributed by atoms with Crippen molar-refractivity contribution in [3.63, 3.8) is 0 Å². The molecule has 3 heterocycles. The summed E-state index contributed by atoms with van der Waals surface area (Å²) in [5.41, 5.74) is 3.20. The summed E-state index contributed by atoms with van der Waals surface area (Å²) in [6.07, 6.45) is 0. The smallest absolute Gasteiger partial charge is 0.246 e. The molecule has 2 N–H and O–H groups in total. The molecule has 0 radical (unpaired) electrons. The van der Waals surface area contributed by atoms with Gasteiger partial charge in [-0.2, -0.15) is 0 Å². The number of carbonyl (C=O) groups is 2. The van der Waals surface area contributed by atoms with Crippen LogP contribution in [0.5, 0.6) is 0 Å². The molecule has 0 saturated heterocycles. The van der Waals surface area contributed by atoms with Gasteiger partial charge in [0, 0.05) is 0 Å². The van der Waals surface area contributed by atoms with Crippen molar-refractivity contribution < 1.29 is 9.59 Å². The first-order chi connectivity index (χ1) is 13.7. The molecule has 3 aromatic heterocycles. The number of para-hydroxylation sites is 4. The highest BCUT2D eigenvalue weighted by molar-refractivity contribution is 6.09. The van der Waals surface area contributed by atoms with E-state index in [0.29, 0.717) is 11.0 Å². The van der Waals surface area contributed by atoms with E-state index in [0.717, 1.165) is 11.0 Å². The van der Waals surface area contributed by atoms with Gasteiger partial charge in [0.2, 0.25) is 11.6 Å². The highest BCUT2D eigenvalue weighted by Gasteiger charge is 2.19. The Labute approximate surface area is 158 Å². The predicted molar refractivity (Wildman–Crippen MR) is 103 cm³/mol. The van der Waals surface area contributed by atoms with Gasteiger partial charge in [0.25, 0.3) is 0 Å². The number of carbonyl (C=O) groups excluding carboxylic acids is 2. The molecule has 5 aromatic rings. The molecule has 0 unspecified atom stereocenters. The van der Waals surface area contributed by atoms with E-state index in [4.69, 9.17) is 0 Å². The number of H-pyrrole nitrogens is 2. The van der Waals surface area contributed by atoms with Gasteiger partial charge < -0.3 is 9.97 Å². The van der Waals surface area contributed by atoms with Crippen LogP contribution in [0.1, 0.15) is 32.6 Å². The van der Waals surface area contributed by atoms with Crippen molar-refractivity contribution in [2.75, 3.05) is 0 Å². The van der Waals surface area contributed by atoms with Crippen molar-refractivity contribution in [1.29, 1.82) is 0 Å². The molecule has 0 bridgehead atoms. The molecule has 0 fully saturated rings. The number of aromatic nitrogens is 5. The minimum Gasteiger partial charge on any atom is -0.335 e. The summed E-state index contributed by atoms with van der Waals surface area (Å²) in [5.74, 6) is -0.394. The van der Waals surface area contributed by atoms with Crippen LogP contribution in [0.2, 0.25) is 0 Å². The molecule has 0 amide bonds. The molecule has 0 saturated carbocycles. The van der Waals surface area contributed by atoms with Gasteiger partial charge in [0.05, 0.1) is 22.1 Å². The summed E-state index contributed by atoms with van der Waals surface area (Å²) in [6, 6.07) is 19.5. The molecule has 0 aliphatic heterocycles. The van der Waals surface area contributed by atoms with E-state index in [-0.39, 0.29) is 34.6 Å². The minimum atomic E-state index is -0.379. The van der Waals surface area contributed by atoms with Crippen molar-refractivity contribution in [1.82, 2.24) is 24.9 Å². The predicted octanol–water partition coefficient (Wildman–Crippen LogP) is 3.30. The van der Waals surface area contributed by atoms with Gasteiger partial charge in [-0.3, -0.25) is 9.59 Å². The Bertz CT molecular complexity index is 1200. The summed E-state index contributed by atoms with van der Waals surface area (Å²) in [4.78, 5) is 44.4. The summed E-state index contributed by atoms with van der Waals surface area (Å²) in [5, 5.41) is 0. The van der Waals surface area contributed by atoms with E-state index in [2.05, 4.69) is 24.9 Å². The van der Waals surface area contributed by atoms with E-state index in [1.54, 1.807) is 18.2 Å². The summed E-state index contributed by atoms with van der Waals surface area (Å²) in [7, 11) is 0. The van der Waals surface area contributed by atoms with E-state index in [1.807, 2.05) is 48.5 Å². The van der Waals surface area contributed by atoms with E-state index in [9.17, 15) is 9.59 Å². The maximum absolute atomic E-state index is 12.8. The molecule has 28 heavy (non-hydrogen) atoms. The van der Waals surface area contributed by atoms with Crippen LogP contribution in [-0.4, -0.2) is 36.5 Å². The second-order valence-corrected chi connectivity index (χ2v) is 6.27. The van der Waals surface area contributed by atoms with Crippen LogP contribution in [0.15, 0.2) is 66.7 Å². The van der Waals surface area contributed by atoms with Gasteiger partial charge in [0.1, 0.15) is 11.4 Å². The molecule has 0 atom stereocenters. The van der Waals surface area contributed by atoms with Crippen molar-refractivity contribution in [3.8, 4) is 0 Å². The average molecular weight is 367 g/mol. The maximum atomic E-state index is 12.8. The van der Waals surface area contributed by atoms with Crippen molar-refractivity contribution in [2.24, 2.45) is 0 Å². The van der Waals surface area contributed by atoms with Gasteiger partial charge in [-0.05, 0) is 36.4 Å². The Morgan fingerprint density at radius 1 is 0.571 bits per heavy atom. The molecule has 0 aliphatic rings. The number of fused-ring (bicyclic) bond motifs is 2. The number of rotatable bonds is 4. The lowest BCUT2D eigenvalue weighted by molar-refractivity contribution is 0.102. The first-order valence-electron chi connectivity index (χ1n) is 8.65. The van der Waals surface area contributed by atoms with Gasteiger partial charge >= 0.3 is 0 Å². The van der Waals surface area contributed by atoms with Crippen LogP contribution in [0.3, 0.4) is 0 Å². The summed E-state index contributed by atoms with van der Waals surface area (Å²) < 4.78 is 0. The number of hydrogen-bond donors (Lipinski definition) is 2. The molecular weight excluding hydrogens is 354 g/mol. The van der Waals surface area contributed by atoms with Crippen LogP contribution in [0, 0.1) is 0 Å². The molecule has 7 heteroatoms. The monoisotopic (exact) mass is 367 g/mol. The fourth-order valence-electron chi connectivity index (χ4n) is 3.05. The first-order valence-corrected chi connectivity index (χ1v) is 8.65. The van der Waals surface area contributed by atoms with Crippen molar-refractivity contribution >= 4 is 33.6 Å². The van der Waals surface area contributed by atoms with E-state index in [1.165, 1.54) is 0 Å². The number of pyridine rings is 1. The molecular formula is C21H13N5O2. The van der Waals surface area contributed by atoms with Gasteiger partial charge in [-0.25, -0.2) is 15.0 Å². The lowest BCUT2D eigenvalue weighted by Crippen LogP contribution is -2.11. The standard InChI is InChI=1S/C21H13N5O2/c27-18(20-23-12-6-1-2-7-13(12)24-20)16-10-5-11-17(22-16)19(28)21-25-14-8-3-4-9-15(14)26-21/h1-11H,(H,23,24)(H,25,26).